The molecule has 1 rings (SSSR count). The van der Waals surface area contributed by atoms with Gasteiger partial charge in [-0.2, -0.15) is 5.26 Å². The summed E-state index contributed by atoms with van der Waals surface area (Å²) in [7, 11) is 0. The Hall–Kier alpha value is -1.66. The number of aromatic nitrogens is 1. The number of hydrogen-bond acceptors (Lipinski definition) is 3. The first-order chi connectivity index (χ1) is 5.79. The molecule has 1 heterocycles. The molecule has 12 heavy (non-hydrogen) atoms. The van der Waals surface area contributed by atoms with Crippen molar-refractivity contribution in [3.63, 3.8) is 0 Å². The number of nitrogens with zero attached hydrogens (tertiary/aromatic N) is 2. The number of nitriles is 1. The first-order valence-corrected chi connectivity index (χ1v) is 3.52. The van der Waals surface area contributed by atoms with Crippen LogP contribution >= 0.6 is 0 Å². The van der Waals surface area contributed by atoms with Crippen LogP contribution in [0.2, 0.25) is 0 Å². The van der Waals surface area contributed by atoms with Crippen LogP contribution < -0.4 is 5.73 Å². The van der Waals surface area contributed by atoms with Gasteiger partial charge in [-0.05, 0) is 12.1 Å². The van der Waals surface area contributed by atoms with Gasteiger partial charge in [0.2, 0.25) is 0 Å². The second-order valence-corrected chi connectivity index (χ2v) is 2.31. The fourth-order valence-corrected chi connectivity index (χ4v) is 0.889. The van der Waals surface area contributed by atoms with E-state index in [1.54, 1.807) is 24.4 Å². The van der Waals surface area contributed by atoms with E-state index in [-0.39, 0.29) is 6.04 Å². The van der Waals surface area contributed by atoms with Gasteiger partial charge in [-0.3, -0.25) is 4.98 Å². The molecule has 0 radical (unpaired) electrons. The van der Waals surface area contributed by atoms with Crippen molar-refractivity contribution in [1.82, 2.24) is 4.98 Å². The zero-order valence-corrected chi connectivity index (χ0v) is 6.57. The van der Waals surface area contributed by atoms with E-state index in [4.69, 9.17) is 11.0 Å². The maximum Gasteiger partial charge on any atom is 0.101 e. The molecule has 0 saturated carbocycles. The van der Waals surface area contributed by atoms with E-state index >= 15 is 0 Å². The van der Waals surface area contributed by atoms with Gasteiger partial charge in [0.25, 0.3) is 0 Å². The lowest BCUT2D eigenvalue weighted by molar-refractivity contribution is 0.859. The third-order valence-electron chi connectivity index (χ3n) is 1.53. The van der Waals surface area contributed by atoms with Crippen molar-refractivity contribution in [2.24, 2.45) is 5.73 Å². The van der Waals surface area contributed by atoms with Crippen LogP contribution in [0.4, 0.5) is 0 Å². The van der Waals surface area contributed by atoms with Crippen LogP contribution in [0.25, 0.3) is 0 Å². The molecule has 3 heteroatoms. The topological polar surface area (TPSA) is 62.7 Å². The highest BCUT2D eigenvalue weighted by atomic mass is 14.8. The molecule has 0 aromatic carbocycles. The summed E-state index contributed by atoms with van der Waals surface area (Å²) >= 11 is 0. The molecule has 1 atom stereocenters. The Morgan fingerprint density at radius 2 is 2.50 bits per heavy atom. The zero-order chi connectivity index (χ0) is 8.97. The van der Waals surface area contributed by atoms with Gasteiger partial charge >= 0.3 is 0 Å². The van der Waals surface area contributed by atoms with Gasteiger partial charge in [0.05, 0.1) is 17.3 Å². The second-order valence-electron chi connectivity index (χ2n) is 2.31. The first-order valence-electron chi connectivity index (χ1n) is 3.52. The molecule has 0 bridgehead atoms. The van der Waals surface area contributed by atoms with Crippen molar-refractivity contribution in [3.8, 4) is 6.07 Å². The second kappa shape index (κ2) is 3.65. The van der Waals surface area contributed by atoms with Crippen molar-refractivity contribution >= 4 is 0 Å². The van der Waals surface area contributed by atoms with Crippen molar-refractivity contribution < 1.29 is 0 Å². The Labute approximate surface area is 71.2 Å². The number of nitrogens with two attached hydrogens (primary N) is 1. The normalized spacial score (nSPS) is 11.7. The lowest BCUT2D eigenvalue weighted by Crippen LogP contribution is -2.10. The van der Waals surface area contributed by atoms with Crippen LogP contribution in [0.3, 0.4) is 0 Å². The predicted octanol–water partition coefficient (Wildman–Crippen LogP) is 1.14. The summed E-state index contributed by atoms with van der Waals surface area (Å²) in [5, 5.41) is 8.68. The molecule has 0 amide bonds. The third-order valence-corrected chi connectivity index (χ3v) is 1.53. The number of hydrogen-bond donors (Lipinski definition) is 1. The predicted molar refractivity (Wildman–Crippen MR) is 46.1 cm³/mol. The van der Waals surface area contributed by atoms with Crippen LogP contribution in [0.15, 0.2) is 31.0 Å². The van der Waals surface area contributed by atoms with Crippen molar-refractivity contribution in [2.75, 3.05) is 0 Å². The molecule has 0 aliphatic heterocycles. The highest BCUT2D eigenvalue weighted by Gasteiger charge is 2.07. The first kappa shape index (κ1) is 8.44. The average molecular weight is 159 g/mol. The van der Waals surface area contributed by atoms with E-state index in [2.05, 4.69) is 11.6 Å². The summed E-state index contributed by atoms with van der Waals surface area (Å²) in [4.78, 5) is 4.00. The molecule has 1 aromatic heterocycles. The molecule has 0 spiro atoms. The number of pyridine rings is 1. The number of rotatable bonds is 2. The van der Waals surface area contributed by atoms with E-state index in [0.29, 0.717) is 11.3 Å². The van der Waals surface area contributed by atoms with Gasteiger partial charge < -0.3 is 5.73 Å². The standard InChI is InChI=1S/C9H9N3/c1-2-8(11)9-7(6-10)4-3-5-12-9/h2-5,8H,1,11H2/t8-/m1/s1. The van der Waals surface area contributed by atoms with E-state index in [9.17, 15) is 0 Å². The quantitative estimate of drug-likeness (QED) is 0.658. The fraction of sp³-hybridized carbons (Fsp3) is 0.111. The summed E-state index contributed by atoms with van der Waals surface area (Å²) in [6.45, 7) is 3.54. The van der Waals surface area contributed by atoms with Gasteiger partial charge in [0, 0.05) is 6.20 Å². The van der Waals surface area contributed by atoms with Crippen molar-refractivity contribution in [1.29, 1.82) is 5.26 Å². The molecule has 0 unspecified atom stereocenters. The molecular weight excluding hydrogens is 150 g/mol. The SMILES string of the molecule is C=C[C@@H](N)c1ncccc1C#N. The smallest absolute Gasteiger partial charge is 0.101 e. The van der Waals surface area contributed by atoms with Crippen molar-refractivity contribution in [2.45, 2.75) is 6.04 Å². The summed E-state index contributed by atoms with van der Waals surface area (Å²) in [5.41, 5.74) is 6.72. The Kier molecular flexibility index (Phi) is 2.57. The van der Waals surface area contributed by atoms with Crippen LogP contribution in [0.1, 0.15) is 17.3 Å². The molecule has 1 aromatic rings. The monoisotopic (exact) mass is 159 g/mol. The minimum Gasteiger partial charge on any atom is -0.319 e. The molecule has 2 N–H and O–H groups in total. The molecule has 0 fully saturated rings. The molecule has 60 valence electrons. The van der Waals surface area contributed by atoms with Crippen LogP contribution in [-0.4, -0.2) is 4.98 Å². The van der Waals surface area contributed by atoms with E-state index in [1.165, 1.54) is 0 Å². The lowest BCUT2D eigenvalue weighted by atomic mass is 10.1. The summed E-state index contributed by atoms with van der Waals surface area (Å²) in [6, 6.07) is 5.05. The van der Waals surface area contributed by atoms with Gasteiger partial charge in [-0.1, -0.05) is 6.08 Å². The van der Waals surface area contributed by atoms with E-state index in [0.717, 1.165) is 0 Å². The summed E-state index contributed by atoms with van der Waals surface area (Å²) in [5.74, 6) is 0. The Morgan fingerprint density at radius 1 is 1.75 bits per heavy atom. The lowest BCUT2D eigenvalue weighted by Gasteiger charge is -2.05. The van der Waals surface area contributed by atoms with Gasteiger partial charge in [0.1, 0.15) is 6.07 Å². The van der Waals surface area contributed by atoms with Gasteiger partial charge in [-0.25, -0.2) is 0 Å². The maximum atomic E-state index is 8.68. The molecule has 0 aliphatic rings. The fourth-order valence-electron chi connectivity index (χ4n) is 0.889. The minimum atomic E-state index is -0.360. The van der Waals surface area contributed by atoms with E-state index in [1.807, 2.05) is 6.07 Å². The third kappa shape index (κ3) is 1.49. The summed E-state index contributed by atoms with van der Waals surface area (Å²) < 4.78 is 0. The van der Waals surface area contributed by atoms with E-state index < -0.39 is 0 Å². The molecule has 3 nitrogen and oxygen atoms in total. The Morgan fingerprint density at radius 3 is 3.08 bits per heavy atom. The van der Waals surface area contributed by atoms with Crippen LogP contribution in [0.5, 0.6) is 0 Å². The molecule has 0 aliphatic carbocycles. The Balaban J connectivity index is 3.15. The van der Waals surface area contributed by atoms with Gasteiger partial charge in [-0.15, -0.1) is 6.58 Å². The average Bonchev–Trinajstić information content (AvgIpc) is 2.16. The zero-order valence-electron chi connectivity index (χ0n) is 6.57. The van der Waals surface area contributed by atoms with Crippen molar-refractivity contribution in [3.05, 3.63) is 42.2 Å². The largest absolute Gasteiger partial charge is 0.319 e. The van der Waals surface area contributed by atoms with Crippen LogP contribution in [0, 0.1) is 11.3 Å². The Bertz CT molecular complexity index is 325. The summed E-state index contributed by atoms with van der Waals surface area (Å²) in [6.07, 6.45) is 3.17. The maximum absolute atomic E-state index is 8.68. The molecular formula is C9H9N3. The highest BCUT2D eigenvalue weighted by Crippen LogP contribution is 2.11. The molecule has 0 saturated heterocycles. The minimum absolute atomic E-state index is 0.360. The van der Waals surface area contributed by atoms with Crippen LogP contribution in [-0.2, 0) is 0 Å². The van der Waals surface area contributed by atoms with Gasteiger partial charge in [0.15, 0.2) is 0 Å². The highest BCUT2D eigenvalue weighted by molar-refractivity contribution is 5.35.